The summed E-state index contributed by atoms with van der Waals surface area (Å²) < 4.78 is 5.78. The lowest BCUT2D eigenvalue weighted by molar-refractivity contribution is -0.116. The fourth-order valence-corrected chi connectivity index (χ4v) is 2.66. The first-order valence-corrected chi connectivity index (χ1v) is 7.30. The van der Waals surface area contributed by atoms with Gasteiger partial charge in [0.05, 0.1) is 0 Å². The molecule has 1 heterocycles. The summed E-state index contributed by atoms with van der Waals surface area (Å²) in [6.45, 7) is 2.41. The summed E-state index contributed by atoms with van der Waals surface area (Å²) in [5.41, 5.74) is 4.07. The van der Waals surface area contributed by atoms with Crippen LogP contribution >= 0.6 is 11.6 Å². The van der Waals surface area contributed by atoms with E-state index in [0.29, 0.717) is 18.1 Å². The van der Waals surface area contributed by atoms with E-state index in [1.807, 2.05) is 43.3 Å². The number of fused-ring (bicyclic) bond motifs is 1. The van der Waals surface area contributed by atoms with Crippen LogP contribution in [0.1, 0.15) is 23.1 Å². The third-order valence-corrected chi connectivity index (χ3v) is 3.93. The molecule has 0 aromatic heterocycles. The topological polar surface area (TPSA) is 38.3 Å². The second kappa shape index (κ2) is 5.78. The second-order valence-corrected chi connectivity index (χ2v) is 5.66. The molecular formula is C17H16ClNO2. The lowest BCUT2D eigenvalue weighted by Crippen LogP contribution is -2.18. The van der Waals surface area contributed by atoms with Crippen molar-refractivity contribution in [3.63, 3.8) is 0 Å². The van der Waals surface area contributed by atoms with E-state index in [1.165, 1.54) is 0 Å². The van der Waals surface area contributed by atoms with Crippen LogP contribution in [-0.2, 0) is 17.8 Å². The molecule has 0 atom stereocenters. The number of hydrogen-bond acceptors (Lipinski definition) is 2. The quantitative estimate of drug-likeness (QED) is 0.926. The van der Waals surface area contributed by atoms with Gasteiger partial charge in [-0.25, -0.2) is 0 Å². The maximum Gasteiger partial charge on any atom is 0.224 e. The first kappa shape index (κ1) is 14.0. The zero-order valence-corrected chi connectivity index (χ0v) is 12.5. The minimum atomic E-state index is 0.0567. The molecule has 0 unspecified atom stereocenters. The summed E-state index contributed by atoms with van der Waals surface area (Å²) in [7, 11) is 0. The highest BCUT2D eigenvalue weighted by molar-refractivity contribution is 6.31. The standard InChI is InChI=1S/C17H16ClNO2/c1-11-2-3-13(15(18)8-11)10-21-14-6-4-12-5-7-17(20)19-16(12)9-14/h2-4,6,8-9H,5,7,10H2,1H3,(H,19,20). The molecule has 0 bridgehead atoms. The van der Waals surface area contributed by atoms with Crippen molar-refractivity contribution in [2.75, 3.05) is 5.32 Å². The summed E-state index contributed by atoms with van der Waals surface area (Å²) in [6.07, 6.45) is 1.33. The average Bonchev–Trinajstić information content (AvgIpc) is 2.46. The van der Waals surface area contributed by atoms with Gasteiger partial charge in [0.15, 0.2) is 0 Å². The third-order valence-electron chi connectivity index (χ3n) is 3.58. The minimum absolute atomic E-state index is 0.0567. The van der Waals surface area contributed by atoms with Crippen molar-refractivity contribution in [2.45, 2.75) is 26.4 Å². The Hall–Kier alpha value is -2.00. The van der Waals surface area contributed by atoms with Crippen molar-refractivity contribution in [2.24, 2.45) is 0 Å². The molecule has 21 heavy (non-hydrogen) atoms. The van der Waals surface area contributed by atoms with Crippen molar-refractivity contribution in [1.29, 1.82) is 0 Å². The number of carbonyl (C=O) groups excluding carboxylic acids is 1. The van der Waals surface area contributed by atoms with E-state index in [0.717, 1.165) is 34.5 Å². The number of amides is 1. The van der Waals surface area contributed by atoms with Gasteiger partial charge in [-0.15, -0.1) is 0 Å². The van der Waals surface area contributed by atoms with Crippen LogP contribution in [0, 0.1) is 6.92 Å². The number of benzene rings is 2. The van der Waals surface area contributed by atoms with Crippen LogP contribution < -0.4 is 10.1 Å². The monoisotopic (exact) mass is 301 g/mol. The summed E-state index contributed by atoms with van der Waals surface area (Å²) in [4.78, 5) is 11.4. The number of anilines is 1. The maximum atomic E-state index is 11.4. The largest absolute Gasteiger partial charge is 0.489 e. The Balaban J connectivity index is 1.73. The molecule has 108 valence electrons. The van der Waals surface area contributed by atoms with Gasteiger partial charge in [-0.05, 0) is 36.6 Å². The van der Waals surface area contributed by atoms with Gasteiger partial charge in [-0.3, -0.25) is 4.79 Å². The molecule has 0 spiro atoms. The Morgan fingerprint density at radius 3 is 2.86 bits per heavy atom. The third kappa shape index (κ3) is 3.19. The van der Waals surface area contributed by atoms with Crippen LogP contribution in [-0.4, -0.2) is 5.91 Å². The molecular weight excluding hydrogens is 286 g/mol. The van der Waals surface area contributed by atoms with Crippen molar-refractivity contribution < 1.29 is 9.53 Å². The first-order valence-electron chi connectivity index (χ1n) is 6.92. The van der Waals surface area contributed by atoms with Gasteiger partial charge in [0.1, 0.15) is 12.4 Å². The Labute approximate surface area is 128 Å². The van der Waals surface area contributed by atoms with E-state index in [-0.39, 0.29) is 5.91 Å². The van der Waals surface area contributed by atoms with Gasteiger partial charge in [0.2, 0.25) is 5.91 Å². The van der Waals surface area contributed by atoms with Crippen LogP contribution in [0.2, 0.25) is 5.02 Å². The molecule has 1 amide bonds. The summed E-state index contributed by atoms with van der Waals surface area (Å²) >= 11 is 6.19. The van der Waals surface area contributed by atoms with Gasteiger partial charge >= 0.3 is 0 Å². The van der Waals surface area contributed by atoms with Crippen LogP contribution in [0.4, 0.5) is 5.69 Å². The van der Waals surface area contributed by atoms with Crippen molar-refractivity contribution in [3.8, 4) is 5.75 Å². The van der Waals surface area contributed by atoms with E-state index in [4.69, 9.17) is 16.3 Å². The SMILES string of the molecule is Cc1ccc(COc2ccc3c(c2)NC(=O)CC3)c(Cl)c1. The molecule has 3 rings (SSSR count). The van der Waals surface area contributed by atoms with Crippen LogP contribution in [0.25, 0.3) is 0 Å². The Morgan fingerprint density at radius 1 is 1.19 bits per heavy atom. The Morgan fingerprint density at radius 2 is 2.05 bits per heavy atom. The molecule has 3 nitrogen and oxygen atoms in total. The highest BCUT2D eigenvalue weighted by atomic mass is 35.5. The van der Waals surface area contributed by atoms with Crippen molar-refractivity contribution >= 4 is 23.2 Å². The normalized spacial score (nSPS) is 13.5. The van der Waals surface area contributed by atoms with Crippen molar-refractivity contribution in [3.05, 3.63) is 58.1 Å². The van der Waals surface area contributed by atoms with Gasteiger partial charge in [0.25, 0.3) is 0 Å². The van der Waals surface area contributed by atoms with E-state index in [1.54, 1.807) is 0 Å². The predicted octanol–water partition coefficient (Wildman–Crippen LogP) is 4.11. The first-order chi connectivity index (χ1) is 10.1. The van der Waals surface area contributed by atoms with Crippen LogP contribution in [0.3, 0.4) is 0 Å². The maximum absolute atomic E-state index is 11.4. The minimum Gasteiger partial charge on any atom is -0.489 e. The lowest BCUT2D eigenvalue weighted by atomic mass is 10.0. The molecule has 1 aliphatic heterocycles. The number of nitrogens with one attached hydrogen (secondary N) is 1. The number of halogens is 1. The average molecular weight is 302 g/mol. The molecule has 1 aliphatic rings. The number of aryl methyl sites for hydroxylation is 2. The summed E-state index contributed by atoms with van der Waals surface area (Å²) in [6, 6.07) is 11.7. The zero-order valence-electron chi connectivity index (χ0n) is 11.8. The zero-order chi connectivity index (χ0) is 14.8. The molecule has 4 heteroatoms. The molecule has 0 radical (unpaired) electrons. The Kier molecular flexibility index (Phi) is 3.84. The summed E-state index contributed by atoms with van der Waals surface area (Å²) in [5, 5.41) is 3.58. The summed E-state index contributed by atoms with van der Waals surface area (Å²) in [5.74, 6) is 0.786. The highest BCUT2D eigenvalue weighted by Gasteiger charge is 2.15. The lowest BCUT2D eigenvalue weighted by Gasteiger charge is -2.18. The number of carbonyl (C=O) groups is 1. The van der Waals surface area contributed by atoms with E-state index in [9.17, 15) is 4.79 Å². The van der Waals surface area contributed by atoms with Gasteiger partial charge in [0, 0.05) is 28.8 Å². The molecule has 0 saturated heterocycles. The molecule has 0 fully saturated rings. The molecule has 2 aromatic rings. The van der Waals surface area contributed by atoms with Gasteiger partial charge in [-0.2, -0.15) is 0 Å². The van der Waals surface area contributed by atoms with Gasteiger partial charge in [-0.1, -0.05) is 29.8 Å². The van der Waals surface area contributed by atoms with E-state index >= 15 is 0 Å². The molecule has 1 N–H and O–H groups in total. The Bertz CT molecular complexity index is 697. The number of hydrogen-bond donors (Lipinski definition) is 1. The van der Waals surface area contributed by atoms with E-state index < -0.39 is 0 Å². The smallest absolute Gasteiger partial charge is 0.224 e. The fraction of sp³-hybridized carbons (Fsp3) is 0.235. The number of ether oxygens (including phenoxy) is 1. The highest BCUT2D eigenvalue weighted by Crippen LogP contribution is 2.28. The molecule has 2 aromatic carbocycles. The molecule has 0 saturated carbocycles. The second-order valence-electron chi connectivity index (χ2n) is 5.25. The fourth-order valence-electron chi connectivity index (χ4n) is 2.37. The van der Waals surface area contributed by atoms with Crippen molar-refractivity contribution in [1.82, 2.24) is 0 Å². The number of rotatable bonds is 3. The van der Waals surface area contributed by atoms with Gasteiger partial charge < -0.3 is 10.1 Å². The van der Waals surface area contributed by atoms with Crippen LogP contribution in [0.15, 0.2) is 36.4 Å². The predicted molar refractivity (Wildman–Crippen MR) is 83.9 cm³/mol. The van der Waals surface area contributed by atoms with E-state index in [2.05, 4.69) is 5.32 Å². The van der Waals surface area contributed by atoms with Crippen LogP contribution in [0.5, 0.6) is 5.75 Å². The molecule has 0 aliphatic carbocycles.